The Hall–Kier alpha value is -3.59. The van der Waals surface area contributed by atoms with E-state index in [1.54, 1.807) is 0 Å². The van der Waals surface area contributed by atoms with E-state index in [1.165, 1.54) is 48.5 Å². The van der Waals surface area contributed by atoms with Gasteiger partial charge in [0.05, 0.1) is 37.6 Å². The third-order valence-corrected chi connectivity index (χ3v) is 9.67. The largest absolute Gasteiger partial charge is 0.508 e. The van der Waals surface area contributed by atoms with Crippen LogP contribution in [0.1, 0.15) is 11.1 Å². The van der Waals surface area contributed by atoms with E-state index in [0.29, 0.717) is 22.5 Å². The number of benzene rings is 2. The highest BCUT2D eigenvalue weighted by atomic mass is 32.2. The summed E-state index contributed by atoms with van der Waals surface area (Å²) in [5, 5.41) is 84.3. The van der Waals surface area contributed by atoms with Crippen molar-refractivity contribution in [1.29, 1.82) is 0 Å². The molecule has 8 N–H and O–H groups in total. The Morgan fingerprint density at radius 2 is 1.02 bits per heavy atom. The maximum absolute atomic E-state index is 12.6. The fourth-order valence-electron chi connectivity index (χ4n) is 5.72. The van der Waals surface area contributed by atoms with Crippen molar-refractivity contribution >= 4 is 33.7 Å². The number of hydrogen-bond donors (Lipinski definition) is 8. The second-order valence-electron chi connectivity index (χ2n) is 11.7. The van der Waals surface area contributed by atoms with E-state index in [9.17, 15) is 50.4 Å². The zero-order valence-electron chi connectivity index (χ0n) is 25.5. The Kier molecular flexibility index (Phi) is 10.6. The average molecular weight is 707 g/mol. The lowest BCUT2D eigenvalue weighted by Crippen LogP contribution is -2.61. The van der Waals surface area contributed by atoms with Crippen molar-refractivity contribution in [1.82, 2.24) is 0 Å². The van der Waals surface area contributed by atoms with Gasteiger partial charge in [-0.25, -0.2) is 9.59 Å². The fraction of sp³-hybridized carbons (Fsp3) is 0.438. The maximum atomic E-state index is 12.6. The molecule has 6 rings (SSSR count). The first-order valence-electron chi connectivity index (χ1n) is 15.1. The van der Waals surface area contributed by atoms with Gasteiger partial charge in [0.1, 0.15) is 82.4 Å². The molecule has 4 unspecified atom stereocenters. The first kappa shape index (κ1) is 35.2. The van der Waals surface area contributed by atoms with Gasteiger partial charge in [0.15, 0.2) is 0 Å². The van der Waals surface area contributed by atoms with Gasteiger partial charge in [-0.1, -0.05) is 11.8 Å². The Balaban J connectivity index is 1.17. The molecule has 0 aliphatic carbocycles. The van der Waals surface area contributed by atoms with Gasteiger partial charge in [-0.3, -0.25) is 0 Å². The molecule has 2 saturated heterocycles. The molecule has 0 saturated carbocycles. The summed E-state index contributed by atoms with van der Waals surface area (Å²) < 4.78 is 33.4. The number of ether oxygens (including phenoxy) is 4. The molecule has 2 aliphatic heterocycles. The van der Waals surface area contributed by atoms with Gasteiger partial charge in [-0.15, -0.1) is 0 Å². The van der Waals surface area contributed by atoms with Crippen LogP contribution < -0.4 is 11.3 Å². The van der Waals surface area contributed by atoms with Gasteiger partial charge >= 0.3 is 11.3 Å². The summed E-state index contributed by atoms with van der Waals surface area (Å²) in [7, 11) is 0. The molecule has 2 aliphatic rings. The molecular weight excluding hydrogens is 672 g/mol. The maximum Gasteiger partial charge on any atom is 0.341 e. The lowest BCUT2D eigenvalue weighted by atomic mass is 9.99. The molecule has 4 heterocycles. The van der Waals surface area contributed by atoms with Gasteiger partial charge in [0.2, 0.25) is 0 Å². The molecule has 2 fully saturated rings. The quantitative estimate of drug-likeness (QED) is 0.0957. The Bertz CT molecular complexity index is 1760. The number of phenolic OH excluding ortho intramolecular Hbond substituents is 2. The Morgan fingerprint density at radius 1 is 0.612 bits per heavy atom. The number of aliphatic hydroxyl groups excluding tert-OH is 6. The first-order chi connectivity index (χ1) is 23.5. The third kappa shape index (κ3) is 7.33. The number of aromatic hydroxyl groups is 2. The normalized spacial score (nSPS) is 30.6. The highest BCUT2D eigenvalue weighted by Gasteiger charge is 2.51. The number of aliphatic hydroxyl groups is 6. The predicted octanol–water partition coefficient (Wildman–Crippen LogP) is -0.608. The van der Waals surface area contributed by atoms with E-state index in [2.05, 4.69) is 0 Å². The van der Waals surface area contributed by atoms with E-state index in [0.717, 1.165) is 0 Å². The van der Waals surface area contributed by atoms with E-state index in [-0.39, 0.29) is 33.8 Å². The van der Waals surface area contributed by atoms with E-state index in [4.69, 9.17) is 27.8 Å². The molecule has 2 aromatic heterocycles. The van der Waals surface area contributed by atoms with Crippen LogP contribution in [0.25, 0.3) is 21.9 Å². The van der Waals surface area contributed by atoms with Gasteiger partial charge in [-0.05, 0) is 36.4 Å². The Morgan fingerprint density at radius 3 is 1.41 bits per heavy atom. The number of phenols is 2. The standard InChI is InChI=1S/C32H34O16S/c33-9-21-23(37)27(43-11-15-5-13-1-3-17(35)7-19(13)45-29(15)41)25(39)31(47-21)49-32-26(40)28(24(38)22(10-34)48-32)44-12-16-6-14-2-4-18(36)8-20(14)46-30(16)42/h1-8,21-28,31-40H,9-12H2/t21?,22?,23-,24-,25+,26?,27?,28-,31-,32-/m0/s1. The van der Waals surface area contributed by atoms with Crippen LogP contribution in [0.15, 0.2) is 67.0 Å². The van der Waals surface area contributed by atoms with Crippen molar-refractivity contribution in [3.05, 3.63) is 80.5 Å². The van der Waals surface area contributed by atoms with Crippen molar-refractivity contribution in [2.24, 2.45) is 0 Å². The van der Waals surface area contributed by atoms with Gasteiger partial charge in [0, 0.05) is 22.9 Å². The van der Waals surface area contributed by atoms with Crippen molar-refractivity contribution in [3.63, 3.8) is 0 Å². The summed E-state index contributed by atoms with van der Waals surface area (Å²) in [6.45, 7) is -2.24. The van der Waals surface area contributed by atoms with E-state index >= 15 is 0 Å². The fourth-order valence-corrected chi connectivity index (χ4v) is 7.03. The molecule has 4 aromatic rings. The molecule has 49 heavy (non-hydrogen) atoms. The Labute approximate surface area is 280 Å². The molecule has 10 atom stereocenters. The lowest BCUT2D eigenvalue weighted by Gasteiger charge is -2.46. The average Bonchev–Trinajstić information content (AvgIpc) is 3.07. The monoisotopic (exact) mass is 706 g/mol. The third-order valence-electron chi connectivity index (χ3n) is 8.36. The second kappa shape index (κ2) is 14.7. The van der Waals surface area contributed by atoms with Crippen LogP contribution in [0.3, 0.4) is 0 Å². The smallest absolute Gasteiger partial charge is 0.341 e. The minimum absolute atomic E-state index is 0.0400. The van der Waals surface area contributed by atoms with Crippen LogP contribution in [-0.2, 0) is 32.2 Å². The van der Waals surface area contributed by atoms with Crippen LogP contribution >= 0.6 is 11.8 Å². The molecule has 16 nitrogen and oxygen atoms in total. The minimum atomic E-state index is -1.62. The van der Waals surface area contributed by atoms with Crippen LogP contribution in [-0.4, -0.2) is 114 Å². The van der Waals surface area contributed by atoms with Crippen molar-refractivity contribution in [2.75, 3.05) is 13.2 Å². The minimum Gasteiger partial charge on any atom is -0.508 e. The molecule has 0 radical (unpaired) electrons. The van der Waals surface area contributed by atoms with Gasteiger partial charge in [-0.2, -0.15) is 0 Å². The summed E-state index contributed by atoms with van der Waals surface area (Å²) in [4.78, 5) is 25.1. The number of thioether (sulfide) groups is 1. The lowest BCUT2D eigenvalue weighted by molar-refractivity contribution is -0.231. The van der Waals surface area contributed by atoms with Crippen molar-refractivity contribution in [3.8, 4) is 11.5 Å². The summed E-state index contributed by atoms with van der Waals surface area (Å²) in [6.07, 6.45) is -11.7. The predicted molar refractivity (Wildman–Crippen MR) is 169 cm³/mol. The second-order valence-corrected chi connectivity index (χ2v) is 12.9. The number of hydrogen-bond acceptors (Lipinski definition) is 17. The summed E-state index contributed by atoms with van der Waals surface area (Å²) >= 11 is 0.707. The summed E-state index contributed by atoms with van der Waals surface area (Å²) in [5.41, 5.74) is -3.84. The van der Waals surface area contributed by atoms with Crippen LogP contribution in [0.4, 0.5) is 0 Å². The van der Waals surface area contributed by atoms with Crippen LogP contribution in [0.5, 0.6) is 11.5 Å². The highest BCUT2D eigenvalue weighted by molar-refractivity contribution is 8.00. The molecule has 0 amide bonds. The van der Waals surface area contributed by atoms with Crippen LogP contribution in [0.2, 0.25) is 0 Å². The first-order valence-corrected chi connectivity index (χ1v) is 16.1. The summed E-state index contributed by atoms with van der Waals surface area (Å²) in [6, 6.07) is 11.3. The van der Waals surface area contributed by atoms with E-state index in [1.807, 2.05) is 0 Å². The highest BCUT2D eigenvalue weighted by Crippen LogP contribution is 2.38. The number of rotatable bonds is 10. The molecule has 2 aromatic carbocycles. The van der Waals surface area contributed by atoms with Gasteiger partial charge < -0.3 is 68.6 Å². The zero-order chi connectivity index (χ0) is 35.0. The summed E-state index contributed by atoms with van der Waals surface area (Å²) in [5.74, 6) is -0.201. The molecule has 0 bridgehead atoms. The van der Waals surface area contributed by atoms with Crippen LogP contribution in [0, 0.1) is 0 Å². The SMILES string of the molecule is O=c1oc2cc(O)ccc2cc1COC1[C@@H](O)C(CO)O[C@@H](S[C@@H]2OC(CO)[C@H](O)[C@H](OCc3cc4ccc(O)cc4oc3=O)C2O)[C@@H]1O. The molecule has 264 valence electrons. The topological polar surface area (TPSA) is 259 Å². The van der Waals surface area contributed by atoms with Gasteiger partial charge in [0.25, 0.3) is 0 Å². The van der Waals surface area contributed by atoms with Crippen molar-refractivity contribution < 1.29 is 68.6 Å². The van der Waals surface area contributed by atoms with E-state index < -0.39 is 97.4 Å². The van der Waals surface area contributed by atoms with Crippen molar-refractivity contribution in [2.45, 2.75) is 72.9 Å². The molecule has 0 spiro atoms. The zero-order valence-corrected chi connectivity index (χ0v) is 26.3. The molecule has 17 heteroatoms. The molecular formula is C32H34O16S. The number of fused-ring (bicyclic) bond motifs is 2.